The number of aliphatic hydroxyl groups is 1. The number of nitrogens with zero attached hydrogens (tertiary/aromatic N) is 6. The molecule has 0 spiro atoms. The highest BCUT2D eigenvalue weighted by Gasteiger charge is 2.21. The number of benzene rings is 2. The zero-order chi connectivity index (χ0) is 25.5. The highest BCUT2D eigenvalue weighted by Crippen LogP contribution is 2.30. The lowest BCUT2D eigenvalue weighted by Gasteiger charge is -2.34. The van der Waals surface area contributed by atoms with Crippen LogP contribution in [0.1, 0.15) is 25.3 Å². The molecule has 1 unspecified atom stereocenters. The number of hydrogen-bond acceptors (Lipinski definition) is 8. The second-order valence-electron chi connectivity index (χ2n) is 8.69. The van der Waals surface area contributed by atoms with Crippen LogP contribution in [0.3, 0.4) is 0 Å². The number of nitrogens with two attached hydrogens (primary N) is 1. The van der Waals surface area contributed by atoms with Crippen LogP contribution in [0, 0.1) is 17.2 Å². The highest BCUT2D eigenvalue weighted by atomic mass is 16.3. The molecule has 0 aliphatic carbocycles. The minimum absolute atomic E-state index is 0.170. The summed E-state index contributed by atoms with van der Waals surface area (Å²) in [6.45, 7) is 7.29. The fraction of sp³-hybridized carbons (Fsp3) is 0.259. The lowest BCUT2D eigenvalue weighted by Crippen LogP contribution is -2.37. The van der Waals surface area contributed by atoms with Gasteiger partial charge in [0.25, 0.3) is 0 Å². The van der Waals surface area contributed by atoms with Gasteiger partial charge in [0, 0.05) is 43.3 Å². The Bertz CT molecular complexity index is 1280. The van der Waals surface area contributed by atoms with Crippen molar-refractivity contribution in [3.63, 3.8) is 0 Å². The first-order valence-electron chi connectivity index (χ1n) is 11.8. The van der Waals surface area contributed by atoms with Crippen molar-refractivity contribution in [2.75, 3.05) is 34.9 Å². The Hall–Kier alpha value is -4.42. The maximum atomic E-state index is 9.82. The first-order valence-corrected chi connectivity index (χ1v) is 11.8. The van der Waals surface area contributed by atoms with E-state index in [0.717, 1.165) is 48.6 Å². The number of aliphatic hydroxyl groups excluding tert-OH is 1. The van der Waals surface area contributed by atoms with E-state index < -0.39 is 0 Å². The first kappa shape index (κ1) is 24.7. The van der Waals surface area contributed by atoms with Gasteiger partial charge in [-0.05, 0) is 68.1 Å². The van der Waals surface area contributed by atoms with Crippen molar-refractivity contribution in [2.45, 2.75) is 19.8 Å². The molecule has 2 heterocycles. The molecule has 1 atom stereocenters. The maximum Gasteiger partial charge on any atom is 0.227 e. The average Bonchev–Trinajstić information content (AvgIpc) is 2.92. The largest absolute Gasteiger partial charge is 0.396 e. The van der Waals surface area contributed by atoms with Crippen molar-refractivity contribution in [1.29, 1.82) is 5.26 Å². The van der Waals surface area contributed by atoms with Crippen LogP contribution in [0.15, 0.2) is 72.6 Å². The van der Waals surface area contributed by atoms with Crippen LogP contribution in [0.5, 0.6) is 0 Å². The Morgan fingerprint density at radius 3 is 2.83 bits per heavy atom. The van der Waals surface area contributed by atoms with E-state index in [-0.39, 0.29) is 12.5 Å². The summed E-state index contributed by atoms with van der Waals surface area (Å²) < 4.78 is 0. The van der Waals surface area contributed by atoms with Crippen molar-refractivity contribution < 1.29 is 5.11 Å². The number of aromatic nitrogens is 2. The molecule has 36 heavy (non-hydrogen) atoms. The Morgan fingerprint density at radius 1 is 1.33 bits per heavy atom. The van der Waals surface area contributed by atoms with Crippen LogP contribution in [-0.4, -0.2) is 40.6 Å². The van der Waals surface area contributed by atoms with Crippen molar-refractivity contribution in [1.82, 2.24) is 9.97 Å². The van der Waals surface area contributed by atoms with Gasteiger partial charge in [0.15, 0.2) is 0 Å². The van der Waals surface area contributed by atoms with E-state index in [4.69, 9.17) is 5.73 Å². The summed E-state index contributed by atoms with van der Waals surface area (Å²) in [5.74, 6) is 1.12. The number of nitrogens with one attached hydrogen (secondary N) is 1. The van der Waals surface area contributed by atoms with Crippen molar-refractivity contribution >= 4 is 28.8 Å². The second-order valence-corrected chi connectivity index (χ2v) is 8.69. The molecule has 0 radical (unpaired) electrons. The molecule has 1 aliphatic rings. The zero-order valence-corrected chi connectivity index (χ0v) is 20.3. The molecule has 3 aromatic rings. The summed E-state index contributed by atoms with van der Waals surface area (Å²) in [4.78, 5) is 11.2. The Morgan fingerprint density at radius 2 is 2.14 bits per heavy atom. The number of amidine groups is 1. The number of rotatable bonds is 8. The molecule has 9 nitrogen and oxygen atoms in total. The molecule has 0 saturated carbocycles. The van der Waals surface area contributed by atoms with E-state index in [1.807, 2.05) is 48.5 Å². The summed E-state index contributed by atoms with van der Waals surface area (Å²) in [5, 5.41) is 28.4. The molecule has 9 heteroatoms. The Kier molecular flexibility index (Phi) is 7.78. The van der Waals surface area contributed by atoms with Gasteiger partial charge in [-0.15, -0.1) is 0 Å². The van der Waals surface area contributed by atoms with E-state index in [1.165, 1.54) is 0 Å². The van der Waals surface area contributed by atoms with Crippen LogP contribution in [0.4, 0.5) is 23.0 Å². The van der Waals surface area contributed by atoms with Crippen molar-refractivity contribution in [3.8, 4) is 17.3 Å². The molecule has 1 aromatic heterocycles. The number of anilines is 4. The standard InChI is InChI=1S/C27H30N8O/c1-3-35(33-19(2)29)24-9-7-23(8-10-24)31-27-30-13-12-25(32-27)21-6-11-26(22(15-21)16-28)34-14-4-5-20(17-34)18-36/h3,6-13,15,20,36H,1,4-5,14,17-18H2,2H3,(H2,29,33)(H,30,31,32). The van der Waals surface area contributed by atoms with Crippen LogP contribution < -0.4 is 21.0 Å². The predicted molar refractivity (Wildman–Crippen MR) is 144 cm³/mol. The summed E-state index contributed by atoms with van der Waals surface area (Å²) >= 11 is 0. The van der Waals surface area contributed by atoms with Gasteiger partial charge < -0.3 is 21.1 Å². The number of hydrogen-bond donors (Lipinski definition) is 3. The topological polar surface area (TPSA) is 127 Å². The zero-order valence-electron chi connectivity index (χ0n) is 20.3. The summed E-state index contributed by atoms with van der Waals surface area (Å²) in [6.07, 6.45) is 5.29. The van der Waals surface area contributed by atoms with Gasteiger partial charge in [0.2, 0.25) is 5.95 Å². The van der Waals surface area contributed by atoms with Crippen molar-refractivity contribution in [2.24, 2.45) is 16.8 Å². The van der Waals surface area contributed by atoms with Gasteiger partial charge in [0.05, 0.1) is 22.6 Å². The number of hydrazone groups is 1. The molecule has 1 saturated heterocycles. The lowest BCUT2D eigenvalue weighted by atomic mass is 9.97. The molecule has 0 amide bonds. The highest BCUT2D eigenvalue weighted by molar-refractivity contribution is 5.79. The fourth-order valence-electron chi connectivity index (χ4n) is 4.27. The van der Waals surface area contributed by atoms with E-state index in [0.29, 0.717) is 23.0 Å². The molecular weight excluding hydrogens is 452 g/mol. The third-order valence-corrected chi connectivity index (χ3v) is 6.01. The van der Waals surface area contributed by atoms with Gasteiger partial charge in [-0.2, -0.15) is 10.4 Å². The molecular formula is C27H30N8O. The van der Waals surface area contributed by atoms with Gasteiger partial charge in [-0.25, -0.2) is 15.0 Å². The summed E-state index contributed by atoms with van der Waals surface area (Å²) in [7, 11) is 0. The SMILES string of the molecule is C=CN(/N=C(/C)N)c1ccc(Nc2nccc(-c3ccc(N4CCCC(CO)C4)c(C#N)c3)n2)cc1. The van der Waals surface area contributed by atoms with Crippen LogP contribution in [-0.2, 0) is 0 Å². The monoisotopic (exact) mass is 482 g/mol. The van der Waals surface area contributed by atoms with E-state index in [9.17, 15) is 10.4 Å². The quantitative estimate of drug-likeness (QED) is 0.248. The van der Waals surface area contributed by atoms with Gasteiger partial charge in [-0.3, -0.25) is 0 Å². The minimum atomic E-state index is 0.170. The predicted octanol–water partition coefficient (Wildman–Crippen LogP) is 4.21. The smallest absolute Gasteiger partial charge is 0.227 e. The molecule has 1 aliphatic heterocycles. The van der Waals surface area contributed by atoms with Gasteiger partial charge in [-0.1, -0.05) is 12.6 Å². The molecule has 1 fully saturated rings. The van der Waals surface area contributed by atoms with Crippen molar-refractivity contribution in [3.05, 3.63) is 73.1 Å². The van der Waals surface area contributed by atoms with Crippen LogP contribution >= 0.6 is 0 Å². The first-order chi connectivity index (χ1) is 17.5. The normalized spacial score (nSPS) is 15.8. The average molecular weight is 483 g/mol. The molecule has 184 valence electrons. The van der Waals surface area contributed by atoms with Gasteiger partial charge >= 0.3 is 0 Å². The number of piperidine rings is 1. The second kappa shape index (κ2) is 11.3. The van der Waals surface area contributed by atoms with E-state index in [2.05, 4.69) is 37.9 Å². The third kappa shape index (κ3) is 5.79. The molecule has 4 rings (SSSR count). The lowest BCUT2D eigenvalue weighted by molar-refractivity contribution is 0.208. The fourth-order valence-corrected chi connectivity index (χ4v) is 4.27. The molecule has 4 N–H and O–H groups in total. The van der Waals surface area contributed by atoms with E-state index >= 15 is 0 Å². The summed E-state index contributed by atoms with van der Waals surface area (Å²) in [6, 6.07) is 17.5. The number of nitriles is 1. The van der Waals surface area contributed by atoms with E-state index in [1.54, 1.807) is 24.3 Å². The molecule has 2 aromatic carbocycles. The Balaban J connectivity index is 1.52. The molecule has 0 bridgehead atoms. The van der Waals surface area contributed by atoms with Crippen LogP contribution in [0.2, 0.25) is 0 Å². The van der Waals surface area contributed by atoms with Crippen LogP contribution in [0.25, 0.3) is 11.3 Å². The summed E-state index contributed by atoms with van der Waals surface area (Å²) in [5.41, 5.74) is 10.3. The van der Waals surface area contributed by atoms with Gasteiger partial charge in [0.1, 0.15) is 11.9 Å². The third-order valence-electron chi connectivity index (χ3n) is 6.01. The Labute approximate surface area is 211 Å². The minimum Gasteiger partial charge on any atom is -0.396 e. The maximum absolute atomic E-state index is 9.82.